The molecule has 0 unspecified atom stereocenters. The largest absolute Gasteiger partial charge is 0.451 e. The molecule has 7 nitrogen and oxygen atoms in total. The summed E-state index contributed by atoms with van der Waals surface area (Å²) in [5.74, 6) is 0.833. The van der Waals surface area contributed by atoms with Crippen molar-refractivity contribution in [3.63, 3.8) is 0 Å². The van der Waals surface area contributed by atoms with Crippen LogP contribution in [-0.4, -0.2) is 39.8 Å². The number of hydrogen-bond donors (Lipinski definition) is 0. The summed E-state index contributed by atoms with van der Waals surface area (Å²) in [6, 6.07) is 0. The lowest BCUT2D eigenvalue weighted by Gasteiger charge is -2.26. The first kappa shape index (κ1) is 14.9. The third kappa shape index (κ3) is 2.70. The second-order valence-electron chi connectivity index (χ2n) is 6.26. The van der Waals surface area contributed by atoms with Crippen LogP contribution >= 0.6 is 0 Å². The van der Waals surface area contributed by atoms with Gasteiger partial charge < -0.3 is 4.42 Å². The highest BCUT2D eigenvalue weighted by molar-refractivity contribution is 7.89. The molecule has 0 aromatic carbocycles. The summed E-state index contributed by atoms with van der Waals surface area (Å²) in [6.07, 6.45) is 6.16. The molecular formula is C15H20N4O3S. The van der Waals surface area contributed by atoms with Gasteiger partial charge in [0.2, 0.25) is 10.0 Å². The molecule has 0 spiro atoms. The van der Waals surface area contributed by atoms with Gasteiger partial charge in [-0.15, -0.1) is 0 Å². The summed E-state index contributed by atoms with van der Waals surface area (Å²) in [6.45, 7) is 3.50. The average Bonchev–Trinajstić information content (AvgIpc) is 3.07. The highest BCUT2D eigenvalue weighted by Gasteiger charge is 2.33. The fraction of sp³-hybridized carbons (Fsp3) is 0.600. The topological polar surface area (TPSA) is 81.2 Å². The maximum atomic E-state index is 12.2. The Morgan fingerprint density at radius 3 is 2.87 bits per heavy atom. The highest BCUT2D eigenvalue weighted by Crippen LogP contribution is 2.35. The number of oxazole rings is 1. The van der Waals surface area contributed by atoms with Gasteiger partial charge in [0.25, 0.3) is 0 Å². The lowest BCUT2D eigenvalue weighted by atomic mass is 10.1. The molecule has 23 heavy (non-hydrogen) atoms. The van der Waals surface area contributed by atoms with Gasteiger partial charge >= 0.3 is 0 Å². The van der Waals surface area contributed by atoms with E-state index in [9.17, 15) is 8.42 Å². The summed E-state index contributed by atoms with van der Waals surface area (Å²) in [5.41, 5.74) is 3.55. The average molecular weight is 336 g/mol. The van der Waals surface area contributed by atoms with Gasteiger partial charge in [-0.05, 0) is 25.7 Å². The van der Waals surface area contributed by atoms with E-state index < -0.39 is 10.0 Å². The Bertz CT molecular complexity index is 806. The van der Waals surface area contributed by atoms with Crippen LogP contribution in [0.25, 0.3) is 11.4 Å². The second kappa shape index (κ2) is 5.45. The summed E-state index contributed by atoms with van der Waals surface area (Å²) < 4.78 is 33.1. The van der Waals surface area contributed by atoms with Crippen molar-refractivity contribution >= 4 is 10.0 Å². The van der Waals surface area contributed by atoms with Crippen molar-refractivity contribution in [2.45, 2.75) is 39.3 Å². The number of nitrogens with zero attached hydrogens (tertiary/aromatic N) is 4. The van der Waals surface area contributed by atoms with Gasteiger partial charge in [0, 0.05) is 37.3 Å². The number of fused-ring (bicyclic) bond motifs is 1. The van der Waals surface area contributed by atoms with Crippen LogP contribution in [0.5, 0.6) is 0 Å². The summed E-state index contributed by atoms with van der Waals surface area (Å²) >= 11 is 0. The van der Waals surface area contributed by atoms with Crippen molar-refractivity contribution < 1.29 is 12.8 Å². The molecule has 1 fully saturated rings. The molecule has 1 saturated carbocycles. The molecule has 0 saturated heterocycles. The molecule has 124 valence electrons. The molecule has 8 heteroatoms. The summed E-state index contributed by atoms with van der Waals surface area (Å²) in [4.78, 5) is 4.20. The van der Waals surface area contributed by atoms with Crippen molar-refractivity contribution in [2.75, 3.05) is 12.3 Å². The lowest BCUT2D eigenvalue weighted by Crippen LogP contribution is -2.37. The van der Waals surface area contributed by atoms with E-state index in [1.165, 1.54) is 19.2 Å². The van der Waals surface area contributed by atoms with E-state index in [2.05, 4.69) is 9.67 Å². The number of sulfonamides is 1. The monoisotopic (exact) mass is 336 g/mol. The first-order valence-corrected chi connectivity index (χ1v) is 9.64. The minimum Gasteiger partial charge on any atom is -0.451 e. The van der Waals surface area contributed by atoms with Gasteiger partial charge in [-0.1, -0.05) is 0 Å². The molecular weight excluding hydrogens is 316 g/mol. The van der Waals surface area contributed by atoms with Crippen LogP contribution in [0.15, 0.2) is 17.1 Å². The van der Waals surface area contributed by atoms with Crippen LogP contribution in [0, 0.1) is 5.92 Å². The highest BCUT2D eigenvalue weighted by atomic mass is 32.2. The quantitative estimate of drug-likeness (QED) is 0.829. The van der Waals surface area contributed by atoms with Crippen molar-refractivity contribution in [2.24, 2.45) is 5.92 Å². The molecule has 2 aromatic rings. The first-order valence-electron chi connectivity index (χ1n) is 8.03. The molecule has 4 rings (SSSR count). The van der Waals surface area contributed by atoms with E-state index in [0.717, 1.165) is 23.5 Å². The molecule has 2 aliphatic rings. The molecule has 3 heterocycles. The lowest BCUT2D eigenvalue weighted by molar-refractivity contribution is 0.382. The zero-order chi connectivity index (χ0) is 16.0. The number of hydrogen-bond acceptors (Lipinski definition) is 5. The van der Waals surface area contributed by atoms with Gasteiger partial charge in [-0.2, -0.15) is 9.40 Å². The summed E-state index contributed by atoms with van der Waals surface area (Å²) in [7, 11) is -3.20. The molecule has 0 N–H and O–H groups in total. The predicted octanol–water partition coefficient (Wildman–Crippen LogP) is 1.66. The summed E-state index contributed by atoms with van der Waals surface area (Å²) in [5, 5.41) is 4.73. The van der Waals surface area contributed by atoms with Gasteiger partial charge in [0.05, 0.1) is 5.75 Å². The van der Waals surface area contributed by atoms with Crippen molar-refractivity contribution in [3.8, 4) is 11.4 Å². The predicted molar refractivity (Wildman–Crippen MR) is 84.0 cm³/mol. The Morgan fingerprint density at radius 1 is 1.39 bits per heavy atom. The molecule has 1 aliphatic heterocycles. The Labute approximate surface area is 135 Å². The van der Waals surface area contributed by atoms with Crippen LogP contribution in [0.4, 0.5) is 0 Å². The van der Waals surface area contributed by atoms with E-state index >= 15 is 0 Å². The van der Waals surface area contributed by atoms with Crippen molar-refractivity contribution in [1.29, 1.82) is 0 Å². The van der Waals surface area contributed by atoms with Crippen molar-refractivity contribution in [1.82, 2.24) is 19.1 Å². The minimum atomic E-state index is -3.20. The number of aromatic nitrogens is 3. The zero-order valence-corrected chi connectivity index (χ0v) is 13.9. The van der Waals surface area contributed by atoms with E-state index in [4.69, 9.17) is 9.52 Å². The maximum Gasteiger partial charge on any atom is 0.214 e. The normalized spacial score (nSPS) is 19.0. The fourth-order valence-corrected chi connectivity index (χ4v) is 4.18. The molecule has 0 amide bonds. The number of rotatable bonds is 5. The maximum absolute atomic E-state index is 12.2. The van der Waals surface area contributed by atoms with Crippen LogP contribution in [0.2, 0.25) is 0 Å². The minimum absolute atomic E-state index is 0.123. The third-order valence-corrected chi connectivity index (χ3v) is 6.49. The molecule has 0 bridgehead atoms. The standard InChI is InChI=1S/C15H20N4O3S/c1-2-23(20,21)18-6-5-14-12(8-18)15(13-9-22-10-16-13)17-19(14)7-11-3-4-11/h9-11H,2-8H2,1H3. The van der Waals surface area contributed by atoms with Crippen LogP contribution in [0.1, 0.15) is 31.0 Å². The Kier molecular flexibility index (Phi) is 3.53. The van der Waals surface area contributed by atoms with Crippen molar-refractivity contribution in [3.05, 3.63) is 23.9 Å². The van der Waals surface area contributed by atoms with Crippen LogP contribution < -0.4 is 0 Å². The van der Waals surface area contributed by atoms with E-state index in [1.54, 1.807) is 17.5 Å². The third-order valence-electron chi connectivity index (χ3n) is 4.66. The Morgan fingerprint density at radius 2 is 2.22 bits per heavy atom. The Balaban J connectivity index is 1.75. The van der Waals surface area contributed by atoms with E-state index in [-0.39, 0.29) is 5.75 Å². The first-order chi connectivity index (χ1) is 11.1. The SMILES string of the molecule is CCS(=O)(=O)N1CCc2c(c(-c3cocn3)nn2CC2CC2)C1. The van der Waals surface area contributed by atoms with Crippen LogP contribution in [-0.2, 0) is 29.5 Å². The zero-order valence-electron chi connectivity index (χ0n) is 13.1. The Hall–Kier alpha value is -1.67. The van der Waals surface area contributed by atoms with Gasteiger partial charge in [0.1, 0.15) is 17.7 Å². The molecule has 0 radical (unpaired) electrons. The molecule has 0 atom stereocenters. The van der Waals surface area contributed by atoms with Crippen LogP contribution in [0.3, 0.4) is 0 Å². The van der Waals surface area contributed by atoms with Gasteiger partial charge in [-0.25, -0.2) is 13.4 Å². The van der Waals surface area contributed by atoms with Gasteiger partial charge in [-0.3, -0.25) is 4.68 Å². The fourth-order valence-electron chi connectivity index (χ4n) is 3.12. The van der Waals surface area contributed by atoms with E-state index in [0.29, 0.717) is 31.1 Å². The molecule has 1 aliphatic carbocycles. The van der Waals surface area contributed by atoms with E-state index in [1.807, 2.05) is 0 Å². The molecule has 2 aromatic heterocycles. The smallest absolute Gasteiger partial charge is 0.214 e. The second-order valence-corrected chi connectivity index (χ2v) is 8.51. The van der Waals surface area contributed by atoms with Gasteiger partial charge in [0.15, 0.2) is 6.39 Å².